The van der Waals surface area contributed by atoms with Crippen molar-refractivity contribution in [3.05, 3.63) is 52.6 Å². The molecule has 0 aliphatic heterocycles. The lowest BCUT2D eigenvalue weighted by Gasteiger charge is -2.28. The number of carbonyl (C=O) groups is 1. The van der Waals surface area contributed by atoms with Crippen molar-refractivity contribution in [1.29, 1.82) is 0 Å². The lowest BCUT2D eigenvalue weighted by atomic mass is 10.0. The summed E-state index contributed by atoms with van der Waals surface area (Å²) in [6.45, 7) is 6.51. The highest BCUT2D eigenvalue weighted by molar-refractivity contribution is 6.01. The molecule has 0 fully saturated rings. The van der Waals surface area contributed by atoms with Crippen molar-refractivity contribution in [2.75, 3.05) is 6.61 Å². The van der Waals surface area contributed by atoms with Crippen molar-refractivity contribution < 1.29 is 28.2 Å². The maximum absolute atomic E-state index is 12.0. The molecule has 1 atom stereocenters. The van der Waals surface area contributed by atoms with Crippen LogP contribution in [-0.4, -0.2) is 29.4 Å². The summed E-state index contributed by atoms with van der Waals surface area (Å²) in [6, 6.07) is 6.23. The number of aliphatic hydroxyl groups is 1. The molecule has 0 aliphatic carbocycles. The van der Waals surface area contributed by atoms with Gasteiger partial charge in [-0.15, -0.1) is 0 Å². The highest BCUT2D eigenvalue weighted by atomic mass is 16.6. The van der Waals surface area contributed by atoms with E-state index in [9.17, 15) is 14.7 Å². The van der Waals surface area contributed by atoms with Crippen molar-refractivity contribution in [3.63, 3.8) is 0 Å². The molecule has 148 valence electrons. The number of allylic oxidation sites excluding steroid dienone is 1. The first-order chi connectivity index (χ1) is 13.1. The second-order valence-electron chi connectivity index (χ2n) is 7.32. The maximum atomic E-state index is 12.0. The van der Waals surface area contributed by atoms with Crippen LogP contribution in [0.5, 0.6) is 5.75 Å². The molecule has 2 heterocycles. The van der Waals surface area contributed by atoms with E-state index in [0.717, 1.165) is 5.57 Å². The summed E-state index contributed by atoms with van der Waals surface area (Å²) < 4.78 is 22.0. The van der Waals surface area contributed by atoms with Crippen LogP contribution in [0.4, 0.5) is 0 Å². The molecule has 7 heteroatoms. The molecule has 3 rings (SSSR count). The fraction of sp³-hybridized carbons (Fsp3) is 0.333. The second kappa shape index (κ2) is 7.52. The van der Waals surface area contributed by atoms with Crippen molar-refractivity contribution in [1.82, 2.24) is 0 Å². The Hall–Kier alpha value is -3.06. The minimum atomic E-state index is -1.34. The Morgan fingerprint density at radius 1 is 1.21 bits per heavy atom. The molecule has 3 aromatic rings. The first kappa shape index (κ1) is 19.7. The van der Waals surface area contributed by atoms with E-state index in [2.05, 4.69) is 0 Å². The number of rotatable bonds is 6. The number of hydrogen-bond acceptors (Lipinski definition) is 7. The van der Waals surface area contributed by atoms with Crippen LogP contribution < -0.4 is 10.4 Å². The Labute approximate surface area is 161 Å². The third-order valence-corrected chi connectivity index (χ3v) is 4.14. The number of ether oxygens (including phenoxy) is 2. The van der Waals surface area contributed by atoms with Gasteiger partial charge in [0.05, 0.1) is 22.6 Å². The summed E-state index contributed by atoms with van der Waals surface area (Å²) in [6.07, 6.45) is 1.92. The molecule has 0 saturated carbocycles. The molecule has 7 nitrogen and oxygen atoms in total. The predicted octanol–water partition coefficient (Wildman–Crippen LogP) is 3.57. The molecule has 1 aromatic carbocycles. The monoisotopic (exact) mass is 386 g/mol. The van der Waals surface area contributed by atoms with Gasteiger partial charge in [0.1, 0.15) is 23.5 Å². The third-order valence-electron chi connectivity index (χ3n) is 4.14. The molecule has 0 unspecified atom stereocenters. The zero-order valence-corrected chi connectivity index (χ0v) is 16.1. The van der Waals surface area contributed by atoms with Crippen LogP contribution in [0.3, 0.4) is 0 Å². The highest BCUT2D eigenvalue weighted by Gasteiger charge is 2.31. The summed E-state index contributed by atoms with van der Waals surface area (Å²) in [4.78, 5) is 23.6. The van der Waals surface area contributed by atoms with Gasteiger partial charge in [-0.3, -0.25) is 0 Å². The normalized spacial score (nSPS) is 12.8. The fourth-order valence-corrected chi connectivity index (χ4v) is 2.72. The zero-order chi connectivity index (χ0) is 20.5. The van der Waals surface area contributed by atoms with Crippen LogP contribution in [0.2, 0.25) is 0 Å². The molecule has 0 bridgehead atoms. The topological polar surface area (TPSA) is 99.1 Å². The largest absolute Gasteiger partial charge is 0.488 e. The van der Waals surface area contributed by atoms with Crippen molar-refractivity contribution in [2.24, 2.45) is 0 Å². The smallest absolute Gasteiger partial charge is 0.336 e. The van der Waals surface area contributed by atoms with Gasteiger partial charge in [0.25, 0.3) is 0 Å². The highest BCUT2D eigenvalue weighted by Crippen LogP contribution is 2.35. The fourth-order valence-electron chi connectivity index (χ4n) is 2.72. The predicted molar refractivity (Wildman–Crippen MR) is 103 cm³/mol. The summed E-state index contributed by atoms with van der Waals surface area (Å²) in [5, 5.41) is 11.6. The van der Waals surface area contributed by atoms with Crippen LogP contribution in [-0.2, 0) is 9.53 Å². The summed E-state index contributed by atoms with van der Waals surface area (Å²) in [7, 11) is 0. The number of esters is 1. The van der Waals surface area contributed by atoms with E-state index in [4.69, 9.17) is 18.3 Å². The number of hydrogen-bond donors (Lipinski definition) is 1. The number of furan rings is 1. The van der Waals surface area contributed by atoms with Gasteiger partial charge >= 0.3 is 11.6 Å². The number of fused-ring (bicyclic) bond motifs is 2. The second-order valence-corrected chi connectivity index (χ2v) is 7.32. The molecule has 0 spiro atoms. The average molecular weight is 386 g/mol. The SMILES string of the molecule is CC(C)=CC(=O)O[C@H](COc1c2ccoc2cc2oc(=O)ccc12)C(C)(C)O. The molecule has 28 heavy (non-hydrogen) atoms. The van der Waals surface area contributed by atoms with Gasteiger partial charge in [0.15, 0.2) is 6.10 Å². The van der Waals surface area contributed by atoms with Crippen LogP contribution in [0.1, 0.15) is 27.7 Å². The molecule has 0 amide bonds. The van der Waals surface area contributed by atoms with Crippen LogP contribution in [0.25, 0.3) is 21.9 Å². The van der Waals surface area contributed by atoms with Crippen molar-refractivity contribution in [3.8, 4) is 5.75 Å². The molecule has 1 N–H and O–H groups in total. The Bertz CT molecular complexity index is 1090. The Kier molecular flexibility index (Phi) is 5.29. The van der Waals surface area contributed by atoms with Gasteiger partial charge in [-0.1, -0.05) is 5.57 Å². The minimum absolute atomic E-state index is 0.107. The Morgan fingerprint density at radius 2 is 1.93 bits per heavy atom. The van der Waals surface area contributed by atoms with E-state index in [1.54, 1.807) is 32.0 Å². The molecular weight excluding hydrogens is 364 g/mol. The van der Waals surface area contributed by atoms with Gasteiger partial charge in [0.2, 0.25) is 0 Å². The minimum Gasteiger partial charge on any atom is -0.488 e. The van der Waals surface area contributed by atoms with Crippen molar-refractivity contribution >= 4 is 27.9 Å². The number of benzene rings is 1. The number of carbonyl (C=O) groups excluding carboxylic acids is 1. The third kappa shape index (κ3) is 4.26. The maximum Gasteiger partial charge on any atom is 0.336 e. The summed E-state index contributed by atoms with van der Waals surface area (Å²) >= 11 is 0. The zero-order valence-electron chi connectivity index (χ0n) is 16.1. The lowest BCUT2D eigenvalue weighted by molar-refractivity contribution is -0.159. The Balaban J connectivity index is 1.95. The summed E-state index contributed by atoms with van der Waals surface area (Å²) in [5.74, 6) is -0.148. The Morgan fingerprint density at radius 3 is 2.61 bits per heavy atom. The molecule has 0 saturated heterocycles. The van der Waals surface area contributed by atoms with Gasteiger partial charge in [0, 0.05) is 18.2 Å². The summed E-state index contributed by atoms with van der Waals surface area (Å²) in [5.41, 5.74) is -0.249. The van der Waals surface area contributed by atoms with E-state index >= 15 is 0 Å². The molecule has 0 radical (unpaired) electrons. The molecular formula is C21H22O7. The quantitative estimate of drug-likeness (QED) is 0.393. The van der Waals surface area contributed by atoms with E-state index in [1.807, 2.05) is 0 Å². The standard InChI is InChI=1S/C21H22O7/c1-12(2)9-19(23)28-17(21(3,4)24)11-26-20-13-5-6-18(22)27-16(13)10-15-14(20)7-8-25-15/h5-10,17,24H,11H2,1-4H3/t17-/m1/s1. The van der Waals surface area contributed by atoms with Crippen LogP contribution >= 0.6 is 0 Å². The van der Waals surface area contributed by atoms with E-state index in [1.165, 1.54) is 32.3 Å². The lowest BCUT2D eigenvalue weighted by Crippen LogP contribution is -2.43. The van der Waals surface area contributed by atoms with E-state index in [-0.39, 0.29) is 6.61 Å². The van der Waals surface area contributed by atoms with Crippen LogP contribution in [0, 0.1) is 0 Å². The van der Waals surface area contributed by atoms with Crippen molar-refractivity contribution in [2.45, 2.75) is 39.4 Å². The van der Waals surface area contributed by atoms with Gasteiger partial charge in [-0.05, 0) is 39.8 Å². The first-order valence-electron chi connectivity index (χ1n) is 8.80. The van der Waals surface area contributed by atoms with Gasteiger partial charge < -0.3 is 23.4 Å². The van der Waals surface area contributed by atoms with E-state index < -0.39 is 23.3 Å². The average Bonchev–Trinajstić information content (AvgIpc) is 3.03. The molecule has 2 aromatic heterocycles. The van der Waals surface area contributed by atoms with Gasteiger partial charge in [-0.2, -0.15) is 0 Å². The van der Waals surface area contributed by atoms with Crippen LogP contribution in [0.15, 0.2) is 55.8 Å². The van der Waals surface area contributed by atoms with E-state index in [0.29, 0.717) is 27.7 Å². The van der Waals surface area contributed by atoms with Gasteiger partial charge in [-0.25, -0.2) is 9.59 Å². The molecule has 0 aliphatic rings. The first-order valence-corrected chi connectivity index (χ1v) is 8.80.